The Balaban J connectivity index is 1.11. The van der Waals surface area contributed by atoms with Crippen LogP contribution in [-0.4, -0.2) is 67.7 Å². The van der Waals surface area contributed by atoms with E-state index >= 15 is 0 Å². The van der Waals surface area contributed by atoms with Crippen LogP contribution in [0.1, 0.15) is 20.9 Å². The Morgan fingerprint density at radius 2 is 1.73 bits per heavy atom. The third-order valence-electron chi connectivity index (χ3n) is 5.85. The first-order valence-electron chi connectivity index (χ1n) is 10.8. The van der Waals surface area contributed by atoms with E-state index in [1.54, 1.807) is 47.4 Å². The summed E-state index contributed by atoms with van der Waals surface area (Å²) < 4.78 is 16.2. The van der Waals surface area contributed by atoms with E-state index in [0.29, 0.717) is 67.3 Å². The van der Waals surface area contributed by atoms with Gasteiger partial charge in [-0.05, 0) is 30.3 Å². The average Bonchev–Trinajstić information content (AvgIpc) is 3.32. The molecule has 9 heteroatoms. The predicted molar refractivity (Wildman–Crippen MR) is 120 cm³/mol. The van der Waals surface area contributed by atoms with Gasteiger partial charge in [0, 0.05) is 50.9 Å². The molecule has 33 heavy (non-hydrogen) atoms. The van der Waals surface area contributed by atoms with E-state index in [9.17, 15) is 14.4 Å². The van der Waals surface area contributed by atoms with E-state index in [1.807, 2.05) is 0 Å². The first kappa shape index (κ1) is 21.0. The number of amides is 2. The molecule has 170 valence electrons. The second-order valence-electron chi connectivity index (χ2n) is 7.93. The second kappa shape index (κ2) is 8.95. The Hall–Kier alpha value is -3.85. The molecule has 1 saturated heterocycles. The molecule has 3 heterocycles. The first-order valence-corrected chi connectivity index (χ1v) is 10.8. The number of hydrogen-bond acceptors (Lipinski definition) is 7. The maximum absolute atomic E-state index is 12.8. The normalized spacial score (nSPS) is 15.6. The van der Waals surface area contributed by atoms with E-state index in [4.69, 9.17) is 13.9 Å². The Bertz CT molecular complexity index is 1260. The molecule has 1 aromatic heterocycles. The van der Waals surface area contributed by atoms with Gasteiger partial charge in [0.25, 0.3) is 11.8 Å². The van der Waals surface area contributed by atoms with Crippen LogP contribution in [0.4, 0.5) is 0 Å². The number of para-hydroxylation sites is 1. The van der Waals surface area contributed by atoms with Gasteiger partial charge < -0.3 is 24.1 Å². The maximum atomic E-state index is 12.8. The summed E-state index contributed by atoms with van der Waals surface area (Å²) in [5.74, 6) is 0.817. The van der Waals surface area contributed by atoms with Gasteiger partial charge in [0.2, 0.25) is 6.79 Å². The van der Waals surface area contributed by atoms with Crippen molar-refractivity contribution in [2.75, 3.05) is 46.1 Å². The van der Waals surface area contributed by atoms with E-state index in [-0.39, 0.29) is 29.8 Å². The van der Waals surface area contributed by atoms with Gasteiger partial charge in [0.1, 0.15) is 5.58 Å². The maximum Gasteiger partial charge on any atom is 0.289 e. The topological polar surface area (TPSA) is 101 Å². The van der Waals surface area contributed by atoms with E-state index in [0.717, 1.165) is 0 Å². The fourth-order valence-corrected chi connectivity index (χ4v) is 4.01. The third kappa shape index (κ3) is 4.40. The van der Waals surface area contributed by atoms with Crippen LogP contribution in [0.3, 0.4) is 0 Å². The molecule has 0 aliphatic carbocycles. The van der Waals surface area contributed by atoms with Gasteiger partial charge in [-0.15, -0.1) is 0 Å². The zero-order valence-electron chi connectivity index (χ0n) is 17.9. The summed E-state index contributed by atoms with van der Waals surface area (Å²) in [5.41, 5.74) is 0.703. The Morgan fingerprint density at radius 3 is 2.58 bits per heavy atom. The average molecular weight is 449 g/mol. The number of carbonyl (C=O) groups is 2. The fourth-order valence-electron chi connectivity index (χ4n) is 4.01. The Morgan fingerprint density at radius 1 is 0.939 bits per heavy atom. The van der Waals surface area contributed by atoms with Crippen LogP contribution in [0, 0.1) is 0 Å². The monoisotopic (exact) mass is 449 g/mol. The summed E-state index contributed by atoms with van der Waals surface area (Å²) >= 11 is 0. The number of fused-ring (bicyclic) bond motifs is 2. The fraction of sp³-hybridized carbons (Fsp3) is 0.292. The van der Waals surface area contributed by atoms with Crippen molar-refractivity contribution in [3.63, 3.8) is 0 Å². The molecule has 0 spiro atoms. The second-order valence-corrected chi connectivity index (χ2v) is 7.93. The van der Waals surface area contributed by atoms with Crippen molar-refractivity contribution in [2.45, 2.75) is 0 Å². The molecule has 3 aromatic rings. The number of carbonyl (C=O) groups excluding carboxylic acids is 2. The van der Waals surface area contributed by atoms with Crippen molar-refractivity contribution in [1.29, 1.82) is 0 Å². The van der Waals surface area contributed by atoms with Crippen LogP contribution in [0.5, 0.6) is 11.5 Å². The largest absolute Gasteiger partial charge is 0.454 e. The number of nitrogens with zero attached hydrogens (tertiary/aromatic N) is 2. The lowest BCUT2D eigenvalue weighted by Crippen LogP contribution is -2.50. The molecule has 0 atom stereocenters. The molecule has 1 N–H and O–H groups in total. The molecule has 1 fully saturated rings. The van der Waals surface area contributed by atoms with Gasteiger partial charge in [-0.2, -0.15) is 0 Å². The van der Waals surface area contributed by atoms with Gasteiger partial charge in [0.05, 0.1) is 5.39 Å². The molecule has 0 unspecified atom stereocenters. The molecule has 9 nitrogen and oxygen atoms in total. The van der Waals surface area contributed by atoms with Gasteiger partial charge in [-0.25, -0.2) is 0 Å². The molecule has 2 amide bonds. The smallest absolute Gasteiger partial charge is 0.289 e. The molecular formula is C24H23N3O6. The van der Waals surface area contributed by atoms with Gasteiger partial charge in [-0.3, -0.25) is 19.3 Å². The van der Waals surface area contributed by atoms with Crippen LogP contribution in [0.2, 0.25) is 0 Å². The SMILES string of the molecule is O=C(NCCN1CCN(C(=O)c2cc(=O)c3ccccc3o2)CC1)c1ccc2c(c1)OCO2. The standard InChI is InChI=1S/C24H23N3O6/c28-18-14-22(33-19-4-2-1-3-17(18)19)24(30)27-11-9-26(10-12-27)8-7-25-23(29)16-5-6-20-21(13-16)32-15-31-20/h1-6,13-14H,7-12,15H2,(H,25,29). The van der Waals surface area contributed by atoms with Crippen molar-refractivity contribution in [2.24, 2.45) is 0 Å². The first-order chi connectivity index (χ1) is 16.1. The summed E-state index contributed by atoms with van der Waals surface area (Å²) in [4.78, 5) is 41.4. The predicted octanol–water partition coefficient (Wildman–Crippen LogP) is 1.71. The third-order valence-corrected chi connectivity index (χ3v) is 5.85. The summed E-state index contributed by atoms with van der Waals surface area (Å²) in [6.07, 6.45) is 0. The number of piperazine rings is 1. The lowest BCUT2D eigenvalue weighted by molar-refractivity contribution is 0.0607. The molecule has 2 aliphatic heterocycles. The van der Waals surface area contributed by atoms with Crippen LogP contribution < -0.4 is 20.2 Å². The van der Waals surface area contributed by atoms with Crippen LogP contribution >= 0.6 is 0 Å². The van der Waals surface area contributed by atoms with Crippen LogP contribution in [-0.2, 0) is 0 Å². The van der Waals surface area contributed by atoms with Crippen molar-refractivity contribution in [1.82, 2.24) is 15.1 Å². The molecule has 2 aliphatic rings. The van der Waals surface area contributed by atoms with Crippen molar-refractivity contribution >= 4 is 22.8 Å². The highest BCUT2D eigenvalue weighted by molar-refractivity contribution is 5.95. The highest BCUT2D eigenvalue weighted by Crippen LogP contribution is 2.32. The lowest BCUT2D eigenvalue weighted by Gasteiger charge is -2.34. The van der Waals surface area contributed by atoms with Crippen LogP contribution in [0.15, 0.2) is 57.7 Å². The van der Waals surface area contributed by atoms with Crippen molar-refractivity contribution < 1.29 is 23.5 Å². The summed E-state index contributed by atoms with van der Waals surface area (Å²) in [7, 11) is 0. The quantitative estimate of drug-likeness (QED) is 0.633. The Kier molecular flexibility index (Phi) is 5.70. The minimum atomic E-state index is -0.284. The summed E-state index contributed by atoms with van der Waals surface area (Å²) in [6.45, 7) is 3.70. The molecule has 2 aromatic carbocycles. The van der Waals surface area contributed by atoms with Gasteiger partial charge >= 0.3 is 0 Å². The lowest BCUT2D eigenvalue weighted by atomic mass is 10.2. The molecular weight excluding hydrogens is 426 g/mol. The minimum absolute atomic E-state index is 0.0585. The number of nitrogens with one attached hydrogen (secondary N) is 1. The highest BCUT2D eigenvalue weighted by atomic mass is 16.7. The number of benzene rings is 2. The number of hydrogen-bond donors (Lipinski definition) is 1. The van der Waals surface area contributed by atoms with Crippen LogP contribution in [0.25, 0.3) is 11.0 Å². The minimum Gasteiger partial charge on any atom is -0.454 e. The van der Waals surface area contributed by atoms with Crippen molar-refractivity contribution in [3.8, 4) is 11.5 Å². The van der Waals surface area contributed by atoms with Gasteiger partial charge in [-0.1, -0.05) is 12.1 Å². The highest BCUT2D eigenvalue weighted by Gasteiger charge is 2.24. The number of rotatable bonds is 5. The molecule has 0 bridgehead atoms. The van der Waals surface area contributed by atoms with Crippen molar-refractivity contribution in [3.05, 3.63) is 70.1 Å². The number of ether oxygens (including phenoxy) is 2. The summed E-state index contributed by atoms with van der Waals surface area (Å²) in [5, 5.41) is 3.37. The van der Waals surface area contributed by atoms with Gasteiger partial charge in [0.15, 0.2) is 22.7 Å². The zero-order valence-corrected chi connectivity index (χ0v) is 17.9. The summed E-state index contributed by atoms with van der Waals surface area (Å²) in [6, 6.07) is 13.3. The molecule has 0 saturated carbocycles. The zero-order chi connectivity index (χ0) is 22.8. The van der Waals surface area contributed by atoms with E-state index in [1.165, 1.54) is 6.07 Å². The molecule has 5 rings (SSSR count). The Labute approximate surface area is 189 Å². The van der Waals surface area contributed by atoms with E-state index in [2.05, 4.69) is 10.2 Å². The van der Waals surface area contributed by atoms with E-state index < -0.39 is 0 Å². The molecule has 0 radical (unpaired) electrons.